The molecule has 0 saturated heterocycles. The van der Waals surface area contributed by atoms with Crippen molar-refractivity contribution in [3.8, 4) is 5.75 Å². The van der Waals surface area contributed by atoms with E-state index in [1.807, 2.05) is 0 Å². The van der Waals surface area contributed by atoms with E-state index in [9.17, 15) is 5.11 Å². The van der Waals surface area contributed by atoms with Crippen molar-refractivity contribution < 1.29 is 9.52 Å². The van der Waals surface area contributed by atoms with E-state index in [4.69, 9.17) is 16.0 Å². The summed E-state index contributed by atoms with van der Waals surface area (Å²) in [5, 5.41) is 10.1. The second-order valence-corrected chi connectivity index (χ2v) is 5.43. The second-order valence-electron chi connectivity index (χ2n) is 3.16. The van der Waals surface area contributed by atoms with Gasteiger partial charge in [-0.15, -0.1) is 0 Å². The first kappa shape index (κ1) is 12.9. The summed E-state index contributed by atoms with van der Waals surface area (Å²) in [5.41, 5.74) is 0.442. The molecule has 0 spiro atoms. The number of nitrogens with zero attached hydrogens (tertiary/aromatic N) is 1. The third kappa shape index (κ3) is 3.23. The number of aromatic hydroxyl groups is 1. The Hall–Kier alpha value is -0.530. The van der Waals surface area contributed by atoms with E-state index in [1.165, 1.54) is 12.3 Å². The van der Waals surface area contributed by atoms with Gasteiger partial charge in [0.15, 0.2) is 3.77 Å². The Labute approximate surface area is 125 Å². The minimum atomic E-state index is 0.0362. The van der Waals surface area contributed by atoms with E-state index in [0.717, 1.165) is 8.24 Å². The van der Waals surface area contributed by atoms with Crippen molar-refractivity contribution in [3.05, 3.63) is 43.3 Å². The summed E-state index contributed by atoms with van der Waals surface area (Å²) in [6, 6.07) is 6.54. The van der Waals surface area contributed by atoms with Gasteiger partial charge in [0.1, 0.15) is 17.2 Å². The summed E-state index contributed by atoms with van der Waals surface area (Å²) in [7, 11) is 0. The van der Waals surface area contributed by atoms with Gasteiger partial charge in [0, 0.05) is 39.7 Å². The summed E-state index contributed by atoms with van der Waals surface area (Å²) >= 11 is 11.1. The first-order chi connectivity index (χ1) is 8.06. The Morgan fingerprint density at radius 3 is 2.76 bits per heavy atom. The molecule has 0 aliphatic carbocycles. The molecule has 88 valence electrons. The van der Waals surface area contributed by atoms with Gasteiger partial charge in [0.2, 0.25) is 0 Å². The third-order valence-corrected chi connectivity index (χ3v) is 4.30. The molecule has 0 fully saturated rings. The highest BCUT2D eigenvalue weighted by Gasteiger charge is 2.04. The number of hydrogen-bond donors (Lipinski definition) is 1. The lowest BCUT2D eigenvalue weighted by atomic mass is 10.3. The summed E-state index contributed by atoms with van der Waals surface area (Å²) in [5.74, 6) is 0.643. The summed E-state index contributed by atoms with van der Waals surface area (Å²) in [6.45, 7) is 0. The number of rotatable bonds is 2. The van der Waals surface area contributed by atoms with E-state index < -0.39 is 0 Å². The van der Waals surface area contributed by atoms with Gasteiger partial charge in [-0.25, -0.2) is 4.99 Å². The van der Waals surface area contributed by atoms with Crippen LogP contribution in [-0.2, 0) is 0 Å². The zero-order chi connectivity index (χ0) is 12.4. The van der Waals surface area contributed by atoms with Crippen LogP contribution in [0.1, 0.15) is 5.76 Å². The Morgan fingerprint density at radius 1 is 1.41 bits per heavy atom. The molecule has 17 heavy (non-hydrogen) atoms. The van der Waals surface area contributed by atoms with Crippen molar-refractivity contribution in [1.82, 2.24) is 0 Å². The largest absolute Gasteiger partial charge is 0.506 e. The van der Waals surface area contributed by atoms with Crippen LogP contribution in [0.4, 0.5) is 5.69 Å². The zero-order valence-electron chi connectivity index (χ0n) is 8.32. The lowest BCUT2D eigenvalue weighted by Crippen LogP contribution is -1.75. The monoisotopic (exact) mass is 425 g/mol. The maximum absolute atomic E-state index is 9.59. The van der Waals surface area contributed by atoms with Crippen molar-refractivity contribution in [2.45, 2.75) is 0 Å². The zero-order valence-corrected chi connectivity index (χ0v) is 12.8. The molecule has 0 radical (unpaired) electrons. The normalized spacial score (nSPS) is 11.2. The van der Waals surface area contributed by atoms with Gasteiger partial charge in [0.05, 0.1) is 10.7 Å². The van der Waals surface area contributed by atoms with Crippen LogP contribution in [0.5, 0.6) is 5.75 Å². The van der Waals surface area contributed by atoms with E-state index >= 15 is 0 Å². The molecule has 0 unspecified atom stereocenters. The molecule has 1 N–H and O–H groups in total. The molecule has 6 heteroatoms. The molecule has 1 aromatic heterocycles. The van der Waals surface area contributed by atoms with Crippen molar-refractivity contribution in [2.24, 2.45) is 4.99 Å². The number of phenolic OH excluding ortho intramolecular Hbond substituents is 1. The van der Waals surface area contributed by atoms with E-state index in [1.54, 1.807) is 18.2 Å². The average Bonchev–Trinajstić information content (AvgIpc) is 2.57. The fraction of sp³-hybridized carbons (Fsp3) is 0. The molecule has 0 amide bonds. The van der Waals surface area contributed by atoms with Crippen molar-refractivity contribution in [2.75, 3.05) is 0 Å². The van der Waals surface area contributed by atoms with Gasteiger partial charge in [-0.1, -0.05) is 11.6 Å². The molecule has 0 saturated carbocycles. The Balaban J connectivity index is 2.25. The smallest absolute Gasteiger partial charge is 0.178 e. The van der Waals surface area contributed by atoms with Crippen LogP contribution in [0.15, 0.2) is 38.1 Å². The highest BCUT2D eigenvalue weighted by molar-refractivity contribution is 14.1. The van der Waals surface area contributed by atoms with Gasteiger partial charge < -0.3 is 9.52 Å². The van der Waals surface area contributed by atoms with Gasteiger partial charge in [0.25, 0.3) is 0 Å². The van der Waals surface area contributed by atoms with Gasteiger partial charge in [-0.2, -0.15) is 0 Å². The van der Waals surface area contributed by atoms with Crippen LogP contribution in [0.25, 0.3) is 0 Å². The minimum absolute atomic E-state index is 0.0362. The predicted octanol–water partition coefficient (Wildman–Crippen LogP) is 4.76. The highest BCUT2D eigenvalue weighted by atomic mass is 127. The van der Waals surface area contributed by atoms with Gasteiger partial charge in [-0.3, -0.25) is 0 Å². The maximum atomic E-state index is 9.59. The molecular weight excluding hydrogens is 420 g/mol. The number of furan rings is 1. The molecule has 2 rings (SSSR count). The Kier molecular flexibility index (Phi) is 4.11. The molecule has 0 aliphatic rings. The van der Waals surface area contributed by atoms with E-state index in [0.29, 0.717) is 16.5 Å². The summed E-state index contributed by atoms with van der Waals surface area (Å²) in [4.78, 5) is 4.12. The maximum Gasteiger partial charge on any atom is 0.178 e. The molecule has 0 aliphatic heterocycles. The third-order valence-electron chi connectivity index (χ3n) is 1.93. The first-order valence-electron chi connectivity index (χ1n) is 4.53. The fourth-order valence-corrected chi connectivity index (χ4v) is 2.05. The van der Waals surface area contributed by atoms with Crippen LogP contribution < -0.4 is 0 Å². The average molecular weight is 426 g/mol. The Bertz CT molecular complexity index is 563. The van der Waals surface area contributed by atoms with Crippen molar-refractivity contribution >= 4 is 62.0 Å². The van der Waals surface area contributed by atoms with Crippen molar-refractivity contribution in [1.29, 1.82) is 0 Å². The van der Waals surface area contributed by atoms with Crippen LogP contribution in [0.3, 0.4) is 0 Å². The van der Waals surface area contributed by atoms with E-state index in [-0.39, 0.29) is 5.75 Å². The predicted molar refractivity (Wildman–Crippen MR) is 79.5 cm³/mol. The number of halogens is 3. The van der Waals surface area contributed by atoms with Crippen LogP contribution in [0, 0.1) is 3.77 Å². The first-order valence-corrected chi connectivity index (χ1v) is 6.78. The van der Waals surface area contributed by atoms with Crippen LogP contribution in [0.2, 0.25) is 5.02 Å². The van der Waals surface area contributed by atoms with Gasteiger partial charge in [-0.05, 0) is 28.1 Å². The number of benzene rings is 1. The molecule has 3 nitrogen and oxygen atoms in total. The van der Waals surface area contributed by atoms with E-state index in [2.05, 4.69) is 43.5 Å². The van der Waals surface area contributed by atoms with Crippen LogP contribution in [-0.4, -0.2) is 11.3 Å². The highest BCUT2D eigenvalue weighted by Crippen LogP contribution is 2.29. The SMILES string of the molecule is Oc1cc(Cl)ccc1N=Cc1cc(Br)c(I)o1. The standard InChI is InChI=1S/C11H6BrClINO2/c12-8-4-7(17-11(8)14)5-15-9-2-1-6(13)3-10(9)16/h1-5,16H. The number of aliphatic imine (C=N–C) groups is 1. The molecule has 0 atom stereocenters. The molecule has 1 aromatic carbocycles. The molecular formula is C11H6BrClINO2. The lowest BCUT2D eigenvalue weighted by Gasteiger charge is -1.97. The van der Waals surface area contributed by atoms with Crippen LogP contribution >= 0.6 is 50.1 Å². The van der Waals surface area contributed by atoms with Gasteiger partial charge >= 0.3 is 0 Å². The topological polar surface area (TPSA) is 45.7 Å². The molecule has 1 heterocycles. The number of phenols is 1. The van der Waals surface area contributed by atoms with Crippen molar-refractivity contribution in [3.63, 3.8) is 0 Å². The number of hydrogen-bond acceptors (Lipinski definition) is 3. The lowest BCUT2D eigenvalue weighted by molar-refractivity contribution is 0.477. The summed E-state index contributed by atoms with van der Waals surface area (Å²) < 4.78 is 7.01. The fourth-order valence-electron chi connectivity index (χ4n) is 1.17. The second kappa shape index (κ2) is 5.41. The minimum Gasteiger partial charge on any atom is -0.506 e. The Morgan fingerprint density at radius 2 is 2.18 bits per heavy atom. The summed E-state index contributed by atoms with van der Waals surface area (Å²) in [6.07, 6.45) is 1.54. The quantitative estimate of drug-likeness (QED) is 0.556. The molecule has 0 bridgehead atoms. The molecule has 2 aromatic rings.